The van der Waals surface area contributed by atoms with Gasteiger partial charge < -0.3 is 0 Å². The molecule has 0 aliphatic rings. The van der Waals surface area contributed by atoms with Crippen LogP contribution in [0.25, 0.3) is 0 Å². The van der Waals surface area contributed by atoms with E-state index in [0.717, 1.165) is 16.3 Å². The van der Waals surface area contributed by atoms with Crippen LogP contribution < -0.4 is 0 Å². The van der Waals surface area contributed by atoms with Gasteiger partial charge in [-0.1, -0.05) is 25.4 Å². The van der Waals surface area contributed by atoms with Crippen LogP contribution in [0.2, 0.25) is 5.02 Å². The van der Waals surface area contributed by atoms with E-state index in [-0.39, 0.29) is 0 Å². The number of halogens is 1. The first-order valence-corrected chi connectivity index (χ1v) is 4.16. The molecule has 0 N–H and O–H groups in total. The van der Waals surface area contributed by atoms with Gasteiger partial charge in [0.15, 0.2) is 0 Å². The zero-order valence-corrected chi connectivity index (χ0v) is 8.24. The van der Waals surface area contributed by atoms with Gasteiger partial charge in [-0.05, 0) is 25.5 Å². The monoisotopic (exact) mass is 171 g/mol. The molecule has 0 amide bonds. The van der Waals surface area contributed by atoms with Crippen molar-refractivity contribution in [3.05, 3.63) is 28.5 Å². The molecule has 1 aromatic heterocycles. The Labute approximate surface area is 73.4 Å². The lowest BCUT2D eigenvalue weighted by atomic mass is 10.3. The van der Waals surface area contributed by atoms with Crippen molar-refractivity contribution >= 4 is 11.6 Å². The third-order valence-electron chi connectivity index (χ3n) is 1.17. The van der Waals surface area contributed by atoms with Crippen molar-refractivity contribution in [2.45, 2.75) is 27.7 Å². The third kappa shape index (κ3) is 3.38. The predicted molar refractivity (Wildman–Crippen MR) is 50.1 cm³/mol. The minimum absolute atomic E-state index is 0.794. The van der Waals surface area contributed by atoms with Crippen LogP contribution >= 0.6 is 11.6 Å². The van der Waals surface area contributed by atoms with E-state index in [2.05, 4.69) is 4.98 Å². The highest BCUT2D eigenvalue weighted by Gasteiger charge is 1.92. The van der Waals surface area contributed by atoms with Crippen LogP contribution in [0.3, 0.4) is 0 Å². The molecule has 0 unspecified atom stereocenters. The lowest BCUT2D eigenvalue weighted by Crippen LogP contribution is -1.81. The van der Waals surface area contributed by atoms with Crippen molar-refractivity contribution in [2.75, 3.05) is 0 Å². The van der Waals surface area contributed by atoms with Gasteiger partial charge in [0.05, 0.1) is 0 Å². The summed E-state index contributed by atoms with van der Waals surface area (Å²) < 4.78 is 0. The largest absolute Gasteiger partial charge is 0.261 e. The Morgan fingerprint density at radius 1 is 1.27 bits per heavy atom. The summed E-state index contributed by atoms with van der Waals surface area (Å²) in [6.45, 7) is 7.86. The molecule has 0 spiro atoms. The molecule has 0 saturated heterocycles. The lowest BCUT2D eigenvalue weighted by Gasteiger charge is -1.95. The molecule has 0 radical (unpaired) electrons. The fraction of sp³-hybridized carbons (Fsp3) is 0.444. The van der Waals surface area contributed by atoms with Crippen LogP contribution in [0.15, 0.2) is 12.3 Å². The van der Waals surface area contributed by atoms with Crippen LogP contribution in [0.5, 0.6) is 0 Å². The minimum atomic E-state index is 0.794. The number of aromatic nitrogens is 1. The smallest absolute Gasteiger partial charge is 0.0468 e. The van der Waals surface area contributed by atoms with E-state index >= 15 is 0 Å². The quantitative estimate of drug-likeness (QED) is 0.583. The highest BCUT2D eigenvalue weighted by molar-refractivity contribution is 6.31. The number of rotatable bonds is 0. The van der Waals surface area contributed by atoms with Gasteiger partial charge in [0.1, 0.15) is 0 Å². The summed E-state index contributed by atoms with van der Waals surface area (Å²) in [6.07, 6.45) is 1.78. The SMILES string of the molecule is CC.Cc1cc(Cl)c(C)cn1. The Morgan fingerprint density at radius 3 is 2.18 bits per heavy atom. The molecule has 1 nitrogen and oxygen atoms in total. The average Bonchev–Trinajstić information content (AvgIpc) is 2.02. The molecule has 0 bridgehead atoms. The summed E-state index contributed by atoms with van der Waals surface area (Å²) in [4.78, 5) is 4.06. The first kappa shape index (κ1) is 10.4. The molecule has 1 aromatic rings. The van der Waals surface area contributed by atoms with Gasteiger partial charge >= 0.3 is 0 Å². The van der Waals surface area contributed by atoms with Gasteiger partial charge in [-0.25, -0.2) is 0 Å². The van der Waals surface area contributed by atoms with E-state index in [1.807, 2.05) is 33.8 Å². The summed E-state index contributed by atoms with van der Waals surface area (Å²) in [5, 5.41) is 0.794. The first-order chi connectivity index (χ1) is 5.20. The van der Waals surface area contributed by atoms with Crippen LogP contribution in [-0.2, 0) is 0 Å². The van der Waals surface area contributed by atoms with E-state index < -0.39 is 0 Å². The number of pyridine rings is 1. The second kappa shape index (κ2) is 5.14. The summed E-state index contributed by atoms with van der Waals surface area (Å²) >= 11 is 5.77. The molecule has 2 heteroatoms. The molecule has 0 atom stereocenters. The predicted octanol–water partition coefficient (Wildman–Crippen LogP) is 3.38. The number of nitrogens with zero attached hydrogens (tertiary/aromatic N) is 1. The molecule has 1 rings (SSSR count). The molecule has 0 saturated carbocycles. The Morgan fingerprint density at radius 2 is 1.82 bits per heavy atom. The van der Waals surface area contributed by atoms with E-state index in [4.69, 9.17) is 11.6 Å². The van der Waals surface area contributed by atoms with Gasteiger partial charge in [0.25, 0.3) is 0 Å². The maximum Gasteiger partial charge on any atom is 0.0468 e. The van der Waals surface area contributed by atoms with E-state index in [1.165, 1.54) is 0 Å². The van der Waals surface area contributed by atoms with Crippen LogP contribution in [-0.4, -0.2) is 4.98 Å². The van der Waals surface area contributed by atoms with Crippen molar-refractivity contribution in [1.82, 2.24) is 4.98 Å². The summed E-state index contributed by atoms with van der Waals surface area (Å²) in [7, 11) is 0. The van der Waals surface area contributed by atoms with Crippen molar-refractivity contribution in [3.63, 3.8) is 0 Å². The van der Waals surface area contributed by atoms with Crippen molar-refractivity contribution in [3.8, 4) is 0 Å². The molecule has 0 fully saturated rings. The molecule has 11 heavy (non-hydrogen) atoms. The fourth-order valence-corrected chi connectivity index (χ4v) is 0.802. The van der Waals surface area contributed by atoms with Gasteiger partial charge in [0, 0.05) is 16.9 Å². The molecule has 1 heterocycles. The van der Waals surface area contributed by atoms with E-state index in [0.29, 0.717) is 0 Å². The molecular weight excluding hydrogens is 158 g/mol. The lowest BCUT2D eigenvalue weighted by molar-refractivity contribution is 1.17. The Hall–Kier alpha value is -0.560. The third-order valence-corrected chi connectivity index (χ3v) is 1.58. The van der Waals surface area contributed by atoms with Crippen LogP contribution in [0, 0.1) is 13.8 Å². The van der Waals surface area contributed by atoms with E-state index in [1.54, 1.807) is 6.20 Å². The fourth-order valence-electron chi connectivity index (χ4n) is 0.595. The van der Waals surface area contributed by atoms with Crippen molar-refractivity contribution in [2.24, 2.45) is 0 Å². The molecule has 0 aromatic carbocycles. The van der Waals surface area contributed by atoms with Gasteiger partial charge in [-0.3, -0.25) is 4.98 Å². The van der Waals surface area contributed by atoms with Gasteiger partial charge in [-0.15, -0.1) is 0 Å². The van der Waals surface area contributed by atoms with Crippen LogP contribution in [0.4, 0.5) is 0 Å². The maximum atomic E-state index is 5.77. The molecular formula is C9H14ClN. The molecule has 0 aliphatic carbocycles. The maximum absolute atomic E-state index is 5.77. The second-order valence-corrected chi connectivity index (χ2v) is 2.48. The molecule has 0 aliphatic heterocycles. The highest BCUT2D eigenvalue weighted by Crippen LogP contribution is 2.13. The Bertz CT molecular complexity index is 221. The van der Waals surface area contributed by atoms with Crippen molar-refractivity contribution < 1.29 is 0 Å². The van der Waals surface area contributed by atoms with E-state index in [9.17, 15) is 0 Å². The number of aryl methyl sites for hydroxylation is 2. The minimum Gasteiger partial charge on any atom is -0.261 e. The average molecular weight is 172 g/mol. The molecule has 62 valence electrons. The topological polar surface area (TPSA) is 12.9 Å². The Kier molecular flexibility index (Phi) is 4.88. The normalized spacial score (nSPS) is 8.45. The highest BCUT2D eigenvalue weighted by atomic mass is 35.5. The summed E-state index contributed by atoms with van der Waals surface area (Å²) in [5.41, 5.74) is 1.99. The van der Waals surface area contributed by atoms with Crippen LogP contribution in [0.1, 0.15) is 25.1 Å². The zero-order valence-electron chi connectivity index (χ0n) is 7.48. The number of hydrogen-bond donors (Lipinski definition) is 0. The van der Waals surface area contributed by atoms with Gasteiger partial charge in [0.2, 0.25) is 0 Å². The summed E-state index contributed by atoms with van der Waals surface area (Å²) in [6, 6.07) is 1.86. The standard InChI is InChI=1S/C7H8ClN.C2H6/c1-5-4-9-6(2)3-7(5)8;1-2/h3-4H,1-2H3;1-2H3. The summed E-state index contributed by atoms with van der Waals surface area (Å²) in [5.74, 6) is 0. The first-order valence-electron chi connectivity index (χ1n) is 3.79. The number of hydrogen-bond acceptors (Lipinski definition) is 1. The van der Waals surface area contributed by atoms with Gasteiger partial charge in [-0.2, -0.15) is 0 Å². The Balaban J connectivity index is 0.000000461. The van der Waals surface area contributed by atoms with Crippen molar-refractivity contribution in [1.29, 1.82) is 0 Å². The second-order valence-electron chi connectivity index (χ2n) is 2.07. The zero-order chi connectivity index (χ0) is 8.85.